The van der Waals surface area contributed by atoms with E-state index < -0.39 is 6.35 Å². The molecule has 2 saturated heterocycles. The van der Waals surface area contributed by atoms with E-state index in [1.165, 1.54) is 13.0 Å². The van der Waals surface area contributed by atoms with Crippen molar-refractivity contribution >= 4 is 11.8 Å². The highest BCUT2D eigenvalue weighted by Gasteiger charge is 2.40. The first-order chi connectivity index (χ1) is 14.1. The summed E-state index contributed by atoms with van der Waals surface area (Å²) in [7, 11) is 0. The summed E-state index contributed by atoms with van der Waals surface area (Å²) in [6.45, 7) is 18.3. The number of nitrogens with zero attached hydrogens (tertiary/aromatic N) is 2. The molecule has 0 radical (unpaired) electrons. The van der Waals surface area contributed by atoms with Crippen LogP contribution in [0.4, 0.5) is 0 Å². The van der Waals surface area contributed by atoms with Crippen molar-refractivity contribution in [2.45, 2.75) is 97.7 Å². The van der Waals surface area contributed by atoms with Gasteiger partial charge in [0.2, 0.25) is 0 Å². The Kier molecular flexibility index (Phi) is 10.9. The molecule has 0 saturated carbocycles. The van der Waals surface area contributed by atoms with Gasteiger partial charge in [0.05, 0.1) is 25.0 Å². The van der Waals surface area contributed by atoms with Crippen molar-refractivity contribution in [1.82, 2.24) is 15.1 Å². The molecule has 0 bridgehead atoms. The zero-order valence-electron chi connectivity index (χ0n) is 20.4. The number of fused-ring (bicyclic) bond motifs is 1. The molecular weight excluding hydrogens is 396 g/mol. The molecule has 0 aromatic carbocycles. The third kappa shape index (κ3) is 10.2. The number of piperidine rings is 1. The SMILES string of the molecule is CCSCN(CCC[C@](C)(CC)OCC(C)(C)C)CN[C@H](N)OC1CC[C@H]2CN2C1. The van der Waals surface area contributed by atoms with Gasteiger partial charge in [0.15, 0.2) is 6.35 Å². The summed E-state index contributed by atoms with van der Waals surface area (Å²) in [5.41, 5.74) is 6.40. The first kappa shape index (κ1) is 26.4. The van der Waals surface area contributed by atoms with Crippen LogP contribution in [0.3, 0.4) is 0 Å². The molecule has 5 atom stereocenters. The molecule has 2 rings (SSSR count). The third-order valence-corrected chi connectivity index (χ3v) is 7.16. The molecule has 6 nitrogen and oxygen atoms in total. The Hall–Kier alpha value is 0.110. The van der Waals surface area contributed by atoms with Crippen molar-refractivity contribution < 1.29 is 9.47 Å². The third-order valence-electron chi connectivity index (χ3n) is 6.20. The Morgan fingerprint density at radius 2 is 1.97 bits per heavy atom. The number of nitrogens with one attached hydrogen (secondary N) is 1. The van der Waals surface area contributed by atoms with Gasteiger partial charge in [-0.2, -0.15) is 0 Å². The molecule has 0 aromatic rings. The second kappa shape index (κ2) is 12.4. The Morgan fingerprint density at radius 3 is 2.60 bits per heavy atom. The van der Waals surface area contributed by atoms with Gasteiger partial charge in [-0.1, -0.05) is 34.6 Å². The predicted molar refractivity (Wildman–Crippen MR) is 128 cm³/mol. The number of nitrogens with two attached hydrogens (primary N) is 1. The van der Waals surface area contributed by atoms with Crippen LogP contribution in [-0.4, -0.2) is 78.4 Å². The summed E-state index contributed by atoms with van der Waals surface area (Å²) in [5.74, 6) is 2.14. The molecule has 2 unspecified atom stereocenters. The van der Waals surface area contributed by atoms with Gasteiger partial charge >= 0.3 is 0 Å². The predicted octanol–water partition coefficient (Wildman–Crippen LogP) is 3.66. The summed E-state index contributed by atoms with van der Waals surface area (Å²) in [6, 6.07) is 0.830. The summed E-state index contributed by atoms with van der Waals surface area (Å²) >= 11 is 1.95. The Bertz CT molecular complexity index is 490. The van der Waals surface area contributed by atoms with Gasteiger partial charge < -0.3 is 9.47 Å². The van der Waals surface area contributed by atoms with Gasteiger partial charge in [0.25, 0.3) is 0 Å². The van der Waals surface area contributed by atoms with Gasteiger partial charge in [-0.15, -0.1) is 11.8 Å². The molecule has 7 heteroatoms. The van der Waals surface area contributed by atoms with Crippen molar-refractivity contribution in [2.75, 3.05) is 44.5 Å². The molecule has 0 amide bonds. The molecule has 0 aromatic heterocycles. The second-order valence-electron chi connectivity index (χ2n) is 10.5. The minimum Gasteiger partial charge on any atom is -0.375 e. The maximum Gasteiger partial charge on any atom is 0.162 e. The van der Waals surface area contributed by atoms with Gasteiger partial charge in [0.1, 0.15) is 0 Å². The van der Waals surface area contributed by atoms with E-state index in [-0.39, 0.29) is 17.1 Å². The summed E-state index contributed by atoms with van der Waals surface area (Å²) in [4.78, 5) is 4.93. The van der Waals surface area contributed by atoms with E-state index in [1.807, 2.05) is 11.8 Å². The number of rotatable bonds is 15. The number of hydrogen-bond donors (Lipinski definition) is 2. The lowest BCUT2D eigenvalue weighted by Gasteiger charge is -2.33. The molecule has 2 heterocycles. The maximum absolute atomic E-state index is 6.32. The van der Waals surface area contributed by atoms with E-state index in [1.54, 1.807) is 0 Å². The summed E-state index contributed by atoms with van der Waals surface area (Å²) < 4.78 is 12.4. The van der Waals surface area contributed by atoms with Crippen molar-refractivity contribution in [3.05, 3.63) is 0 Å². The van der Waals surface area contributed by atoms with Crippen LogP contribution in [0.5, 0.6) is 0 Å². The highest BCUT2D eigenvalue weighted by molar-refractivity contribution is 7.99. The number of hydrogen-bond acceptors (Lipinski definition) is 7. The lowest BCUT2D eigenvalue weighted by Crippen LogP contribution is -2.49. The van der Waals surface area contributed by atoms with Crippen LogP contribution in [0, 0.1) is 5.41 Å². The van der Waals surface area contributed by atoms with E-state index in [0.29, 0.717) is 0 Å². The van der Waals surface area contributed by atoms with Crippen LogP contribution in [0.25, 0.3) is 0 Å². The molecule has 2 fully saturated rings. The van der Waals surface area contributed by atoms with E-state index in [4.69, 9.17) is 15.2 Å². The van der Waals surface area contributed by atoms with Crippen LogP contribution in [-0.2, 0) is 9.47 Å². The molecular formula is C23H48N4O2S. The molecule has 2 aliphatic heterocycles. The number of ether oxygens (including phenoxy) is 2. The lowest BCUT2D eigenvalue weighted by molar-refractivity contribution is -0.0717. The maximum atomic E-state index is 6.32. The van der Waals surface area contributed by atoms with Gasteiger partial charge in [-0.25, -0.2) is 0 Å². The smallest absolute Gasteiger partial charge is 0.162 e. The topological polar surface area (TPSA) is 62.8 Å². The molecule has 0 aliphatic carbocycles. The van der Waals surface area contributed by atoms with Crippen molar-refractivity contribution in [2.24, 2.45) is 11.1 Å². The van der Waals surface area contributed by atoms with Crippen molar-refractivity contribution in [3.63, 3.8) is 0 Å². The summed E-state index contributed by atoms with van der Waals surface area (Å²) in [5, 5.41) is 3.39. The van der Waals surface area contributed by atoms with Crippen molar-refractivity contribution in [1.29, 1.82) is 0 Å². The largest absolute Gasteiger partial charge is 0.375 e. The highest BCUT2D eigenvalue weighted by Crippen LogP contribution is 2.30. The lowest BCUT2D eigenvalue weighted by atomic mass is 9.94. The quantitative estimate of drug-likeness (QED) is 0.295. The van der Waals surface area contributed by atoms with Crippen LogP contribution < -0.4 is 11.1 Å². The Balaban J connectivity index is 1.70. The van der Waals surface area contributed by atoms with Gasteiger partial charge in [0, 0.05) is 31.6 Å². The Morgan fingerprint density at radius 1 is 1.20 bits per heavy atom. The standard InChI is InChI=1S/C23H48N4O2S/c1-7-23(6,28-16-22(3,4)5)12-9-13-26(18-30-8-2)17-25-21(24)29-20-11-10-19-14-27(19)15-20/h19-21,25H,7-18,24H2,1-6H3/t19-,20?,21-,23-,27?/m0/s1. The fourth-order valence-electron chi connectivity index (χ4n) is 3.87. The zero-order chi connectivity index (χ0) is 22.2. The van der Waals surface area contributed by atoms with Crippen LogP contribution in [0.1, 0.15) is 73.6 Å². The number of thioether (sulfide) groups is 1. The van der Waals surface area contributed by atoms with Crippen molar-refractivity contribution in [3.8, 4) is 0 Å². The average Bonchev–Trinajstić information content (AvgIpc) is 3.46. The summed E-state index contributed by atoms with van der Waals surface area (Å²) in [6.07, 6.45) is 5.51. The second-order valence-corrected chi connectivity index (χ2v) is 11.7. The van der Waals surface area contributed by atoms with Crippen LogP contribution in [0.2, 0.25) is 0 Å². The van der Waals surface area contributed by atoms with Crippen LogP contribution in [0.15, 0.2) is 0 Å². The van der Waals surface area contributed by atoms with E-state index in [9.17, 15) is 0 Å². The normalized spacial score (nSPS) is 27.0. The zero-order valence-corrected chi connectivity index (χ0v) is 21.2. The van der Waals surface area contributed by atoms with Crippen LogP contribution >= 0.6 is 11.8 Å². The minimum atomic E-state index is -0.392. The van der Waals surface area contributed by atoms with Gasteiger partial charge in [-0.05, 0) is 50.2 Å². The minimum absolute atomic E-state index is 0.0409. The van der Waals surface area contributed by atoms with E-state index in [0.717, 1.165) is 69.7 Å². The first-order valence-corrected chi connectivity index (χ1v) is 13.1. The van der Waals surface area contributed by atoms with E-state index in [2.05, 4.69) is 56.7 Å². The monoisotopic (exact) mass is 444 g/mol. The average molecular weight is 445 g/mol. The molecule has 30 heavy (non-hydrogen) atoms. The fraction of sp³-hybridized carbons (Fsp3) is 1.00. The molecule has 178 valence electrons. The molecule has 3 N–H and O–H groups in total. The van der Waals surface area contributed by atoms with Gasteiger partial charge in [-0.3, -0.25) is 20.9 Å². The fourth-order valence-corrected chi connectivity index (χ4v) is 4.53. The molecule has 0 spiro atoms. The van der Waals surface area contributed by atoms with E-state index >= 15 is 0 Å². The highest BCUT2D eigenvalue weighted by atomic mass is 32.2. The first-order valence-electron chi connectivity index (χ1n) is 12.0. The Labute approximate surface area is 190 Å². The molecule has 2 aliphatic rings.